The first-order chi connectivity index (χ1) is 9.58. The fourth-order valence-corrected chi connectivity index (χ4v) is 2.44. The highest BCUT2D eigenvalue weighted by atomic mass is 32.1. The van der Waals surface area contributed by atoms with Gasteiger partial charge in [0.1, 0.15) is 0 Å². The van der Waals surface area contributed by atoms with Crippen LogP contribution in [-0.4, -0.2) is 26.2 Å². The van der Waals surface area contributed by atoms with Crippen LogP contribution in [0.15, 0.2) is 40.8 Å². The summed E-state index contributed by atoms with van der Waals surface area (Å²) in [4.78, 5) is 15.0. The van der Waals surface area contributed by atoms with Crippen LogP contribution < -0.4 is 10.3 Å². The third-order valence-electron chi connectivity index (χ3n) is 2.87. The molecule has 0 aliphatic rings. The number of rotatable bonds is 4. The molecule has 0 spiro atoms. The number of nitrogens with one attached hydrogen (secondary N) is 1. The summed E-state index contributed by atoms with van der Waals surface area (Å²) in [5, 5.41) is 6.00. The molecular weight excluding hydrogens is 270 g/mol. The Hall–Kier alpha value is -2.14. The van der Waals surface area contributed by atoms with Gasteiger partial charge in [0.05, 0.1) is 6.21 Å². The maximum atomic E-state index is 12.0. The van der Waals surface area contributed by atoms with Gasteiger partial charge in [-0.2, -0.15) is 5.10 Å². The second-order valence-corrected chi connectivity index (χ2v) is 5.56. The minimum Gasteiger partial charge on any atom is -0.378 e. The molecule has 104 valence electrons. The van der Waals surface area contributed by atoms with E-state index in [4.69, 9.17) is 0 Å². The molecule has 0 aliphatic heterocycles. The Morgan fingerprint density at radius 1 is 1.35 bits per heavy atom. The Morgan fingerprint density at radius 3 is 2.80 bits per heavy atom. The normalized spacial score (nSPS) is 10.8. The van der Waals surface area contributed by atoms with Crippen molar-refractivity contribution in [2.75, 3.05) is 19.0 Å². The molecule has 20 heavy (non-hydrogen) atoms. The van der Waals surface area contributed by atoms with Crippen molar-refractivity contribution in [1.82, 2.24) is 5.43 Å². The summed E-state index contributed by atoms with van der Waals surface area (Å²) in [6.07, 6.45) is 1.67. The molecular formula is C15H17N3OS. The van der Waals surface area contributed by atoms with Gasteiger partial charge < -0.3 is 4.90 Å². The van der Waals surface area contributed by atoms with E-state index >= 15 is 0 Å². The monoisotopic (exact) mass is 287 g/mol. The lowest BCUT2D eigenvalue weighted by atomic mass is 10.2. The van der Waals surface area contributed by atoms with Gasteiger partial charge in [-0.15, -0.1) is 11.3 Å². The second kappa shape index (κ2) is 6.34. The number of carbonyl (C=O) groups excluding carboxylic acids is 1. The zero-order chi connectivity index (χ0) is 14.5. The van der Waals surface area contributed by atoms with Crippen LogP contribution in [0.25, 0.3) is 0 Å². The minimum atomic E-state index is -0.209. The van der Waals surface area contributed by atoms with Crippen LogP contribution in [0.3, 0.4) is 0 Å². The van der Waals surface area contributed by atoms with E-state index in [1.807, 2.05) is 55.6 Å². The summed E-state index contributed by atoms with van der Waals surface area (Å²) in [7, 11) is 3.88. The summed E-state index contributed by atoms with van der Waals surface area (Å²) in [5.74, 6) is -0.209. The van der Waals surface area contributed by atoms with Gasteiger partial charge in [0, 0.05) is 30.2 Å². The van der Waals surface area contributed by atoms with E-state index in [0.29, 0.717) is 5.56 Å². The van der Waals surface area contributed by atoms with Gasteiger partial charge >= 0.3 is 0 Å². The molecule has 4 nitrogen and oxygen atoms in total. The van der Waals surface area contributed by atoms with Gasteiger partial charge in [-0.3, -0.25) is 4.79 Å². The van der Waals surface area contributed by atoms with Crippen LogP contribution in [0.5, 0.6) is 0 Å². The smallest absolute Gasteiger partial charge is 0.271 e. The zero-order valence-electron chi connectivity index (χ0n) is 11.8. The van der Waals surface area contributed by atoms with Crippen molar-refractivity contribution in [2.45, 2.75) is 6.92 Å². The Bertz CT molecular complexity index is 632. The predicted molar refractivity (Wildman–Crippen MR) is 84.9 cm³/mol. The quantitative estimate of drug-likeness (QED) is 0.694. The number of hydrazone groups is 1. The predicted octanol–water partition coefficient (Wildman–Crippen LogP) is 2.89. The zero-order valence-corrected chi connectivity index (χ0v) is 12.6. The Labute approximate surface area is 122 Å². The number of nitrogens with zero attached hydrogens (tertiary/aromatic N) is 2. The number of hydrogen-bond acceptors (Lipinski definition) is 4. The largest absolute Gasteiger partial charge is 0.378 e. The van der Waals surface area contributed by atoms with Gasteiger partial charge in [-0.25, -0.2) is 5.43 Å². The fourth-order valence-electron chi connectivity index (χ4n) is 1.66. The molecule has 0 saturated heterocycles. The standard InChI is InChI=1S/C15H17N3OS/c1-11-7-8-20-14(11)10-16-17-15(19)12-5-4-6-13(9-12)18(2)3/h4-10H,1-3H3,(H,17,19)/b16-10-. The molecule has 5 heteroatoms. The highest BCUT2D eigenvalue weighted by Gasteiger charge is 2.05. The third kappa shape index (κ3) is 3.45. The molecule has 2 aromatic rings. The maximum Gasteiger partial charge on any atom is 0.271 e. The molecule has 1 heterocycles. The topological polar surface area (TPSA) is 44.7 Å². The van der Waals surface area contributed by atoms with Gasteiger partial charge in [0.25, 0.3) is 5.91 Å². The van der Waals surface area contributed by atoms with Crippen molar-refractivity contribution in [3.05, 3.63) is 51.7 Å². The van der Waals surface area contributed by atoms with Gasteiger partial charge in [-0.1, -0.05) is 6.07 Å². The fraction of sp³-hybridized carbons (Fsp3) is 0.200. The van der Waals surface area contributed by atoms with Crippen LogP contribution in [0.2, 0.25) is 0 Å². The summed E-state index contributed by atoms with van der Waals surface area (Å²) < 4.78 is 0. The third-order valence-corrected chi connectivity index (χ3v) is 3.83. The Kier molecular flexibility index (Phi) is 4.53. The summed E-state index contributed by atoms with van der Waals surface area (Å²) >= 11 is 1.60. The van der Waals surface area contributed by atoms with E-state index in [1.165, 1.54) is 0 Å². The summed E-state index contributed by atoms with van der Waals surface area (Å²) in [6, 6.07) is 9.44. The lowest BCUT2D eigenvalue weighted by Crippen LogP contribution is -2.18. The van der Waals surface area contributed by atoms with Crippen LogP contribution in [-0.2, 0) is 0 Å². The van der Waals surface area contributed by atoms with Crippen LogP contribution in [0.4, 0.5) is 5.69 Å². The molecule has 0 fully saturated rings. The molecule has 0 radical (unpaired) electrons. The SMILES string of the molecule is Cc1ccsc1/C=N\NC(=O)c1cccc(N(C)C)c1. The van der Waals surface area contributed by atoms with E-state index < -0.39 is 0 Å². The average Bonchev–Trinajstić information content (AvgIpc) is 2.84. The van der Waals surface area contributed by atoms with E-state index in [9.17, 15) is 4.79 Å². The minimum absolute atomic E-state index is 0.209. The Morgan fingerprint density at radius 2 is 2.15 bits per heavy atom. The van der Waals surface area contributed by atoms with Crippen molar-refractivity contribution in [1.29, 1.82) is 0 Å². The van der Waals surface area contributed by atoms with Gasteiger partial charge in [0.15, 0.2) is 0 Å². The molecule has 0 unspecified atom stereocenters. The number of carbonyl (C=O) groups is 1. The molecule has 1 N–H and O–H groups in total. The van der Waals surface area contributed by atoms with Crippen molar-refractivity contribution >= 4 is 29.1 Å². The Balaban J connectivity index is 2.03. The average molecular weight is 287 g/mol. The molecule has 0 atom stereocenters. The lowest BCUT2D eigenvalue weighted by Gasteiger charge is -2.12. The number of amides is 1. The van der Waals surface area contributed by atoms with Gasteiger partial charge in [-0.05, 0) is 42.1 Å². The maximum absolute atomic E-state index is 12.0. The first kappa shape index (κ1) is 14.3. The van der Waals surface area contributed by atoms with Crippen molar-refractivity contribution in [3.8, 4) is 0 Å². The van der Waals surface area contributed by atoms with Crippen molar-refractivity contribution < 1.29 is 4.79 Å². The first-order valence-electron chi connectivity index (χ1n) is 6.23. The number of anilines is 1. The van der Waals surface area contributed by atoms with E-state index in [2.05, 4.69) is 10.5 Å². The molecule has 1 aromatic heterocycles. The highest BCUT2D eigenvalue weighted by Crippen LogP contribution is 2.14. The highest BCUT2D eigenvalue weighted by molar-refractivity contribution is 7.11. The number of thiophene rings is 1. The molecule has 1 amide bonds. The number of hydrogen-bond donors (Lipinski definition) is 1. The van der Waals surface area contributed by atoms with Crippen molar-refractivity contribution in [3.63, 3.8) is 0 Å². The number of aryl methyl sites for hydroxylation is 1. The first-order valence-corrected chi connectivity index (χ1v) is 7.11. The van der Waals surface area contributed by atoms with E-state index in [-0.39, 0.29) is 5.91 Å². The van der Waals surface area contributed by atoms with Crippen LogP contribution in [0.1, 0.15) is 20.8 Å². The van der Waals surface area contributed by atoms with Crippen molar-refractivity contribution in [2.24, 2.45) is 5.10 Å². The van der Waals surface area contributed by atoms with Crippen LogP contribution in [0, 0.1) is 6.92 Å². The molecule has 0 aliphatic carbocycles. The number of benzene rings is 1. The van der Waals surface area contributed by atoms with E-state index in [1.54, 1.807) is 23.6 Å². The lowest BCUT2D eigenvalue weighted by molar-refractivity contribution is 0.0955. The van der Waals surface area contributed by atoms with Gasteiger partial charge in [0.2, 0.25) is 0 Å². The molecule has 0 bridgehead atoms. The van der Waals surface area contributed by atoms with Crippen LogP contribution >= 0.6 is 11.3 Å². The second-order valence-electron chi connectivity index (χ2n) is 4.61. The molecule has 1 aromatic carbocycles. The van der Waals surface area contributed by atoms with E-state index in [0.717, 1.165) is 16.1 Å². The molecule has 2 rings (SSSR count). The summed E-state index contributed by atoms with van der Waals surface area (Å²) in [5.41, 5.74) is 5.28. The summed E-state index contributed by atoms with van der Waals surface area (Å²) in [6.45, 7) is 2.01. The molecule has 0 saturated carbocycles.